The Bertz CT molecular complexity index is 627. The monoisotopic (exact) mass is 311 g/mol. The maximum atomic E-state index is 11.8. The highest BCUT2D eigenvalue weighted by Gasteiger charge is 2.09. The van der Waals surface area contributed by atoms with Gasteiger partial charge in [0, 0.05) is 23.2 Å². The molecule has 0 bridgehead atoms. The largest absolute Gasteiger partial charge is 0.326 e. The number of nitrogens with zero attached hydrogens (tertiary/aromatic N) is 2. The van der Waals surface area contributed by atoms with Gasteiger partial charge in [0.05, 0.1) is 22.9 Å². The second-order valence-electron chi connectivity index (χ2n) is 3.90. The lowest BCUT2D eigenvalue weighted by atomic mass is 10.3. The summed E-state index contributed by atoms with van der Waals surface area (Å²) in [5, 5.41) is 15.7. The van der Waals surface area contributed by atoms with Crippen molar-refractivity contribution in [1.29, 1.82) is 0 Å². The van der Waals surface area contributed by atoms with Crippen molar-refractivity contribution in [2.24, 2.45) is 0 Å². The second-order valence-corrected chi connectivity index (χ2v) is 5.11. The van der Waals surface area contributed by atoms with E-state index in [4.69, 9.17) is 11.6 Å². The number of rotatable bonds is 5. The molecule has 1 N–H and O–H groups in total. The number of anilines is 1. The molecule has 104 valence electrons. The van der Waals surface area contributed by atoms with Crippen LogP contribution in [-0.4, -0.2) is 15.8 Å². The Labute approximate surface area is 123 Å². The minimum Gasteiger partial charge on any atom is -0.326 e. The van der Waals surface area contributed by atoms with Gasteiger partial charge >= 0.3 is 0 Å². The second kappa shape index (κ2) is 6.44. The lowest BCUT2D eigenvalue weighted by Gasteiger charge is -2.03. The van der Waals surface area contributed by atoms with E-state index in [9.17, 15) is 14.9 Å². The van der Waals surface area contributed by atoms with Crippen LogP contribution in [0.1, 0.15) is 10.7 Å². The highest BCUT2D eigenvalue weighted by molar-refractivity contribution is 7.09. The molecule has 0 radical (unpaired) electrons. The number of benzene rings is 1. The van der Waals surface area contributed by atoms with E-state index in [1.54, 1.807) is 0 Å². The number of hydrogen-bond acceptors (Lipinski definition) is 5. The first kappa shape index (κ1) is 14.4. The summed E-state index contributed by atoms with van der Waals surface area (Å²) in [6.45, 7) is 0. The molecule has 1 heterocycles. The van der Waals surface area contributed by atoms with Crippen molar-refractivity contribution in [3.8, 4) is 0 Å². The quantitative estimate of drug-likeness (QED) is 0.522. The molecule has 8 heteroatoms. The fourth-order valence-corrected chi connectivity index (χ4v) is 2.52. The van der Waals surface area contributed by atoms with E-state index in [0.29, 0.717) is 16.6 Å². The Morgan fingerprint density at radius 1 is 1.40 bits per heavy atom. The third-order valence-corrected chi connectivity index (χ3v) is 3.58. The number of thiazole rings is 1. The van der Waals surface area contributed by atoms with Gasteiger partial charge in [0.2, 0.25) is 5.91 Å². The third kappa shape index (κ3) is 3.75. The lowest BCUT2D eigenvalue weighted by molar-refractivity contribution is -0.384. The predicted octanol–water partition coefficient (Wildman–Crippen LogP) is 2.97. The van der Waals surface area contributed by atoms with Crippen LogP contribution in [-0.2, 0) is 17.1 Å². The van der Waals surface area contributed by atoms with Crippen LogP contribution in [0.15, 0.2) is 29.6 Å². The van der Waals surface area contributed by atoms with Crippen LogP contribution in [0.3, 0.4) is 0 Å². The Kier molecular flexibility index (Phi) is 4.65. The number of alkyl halides is 1. The number of non-ortho nitro benzene ring substituents is 1. The van der Waals surface area contributed by atoms with Crippen LogP contribution in [0, 0.1) is 10.1 Å². The molecule has 0 atom stereocenters. The minimum absolute atomic E-state index is 0.0188. The molecule has 2 rings (SSSR count). The summed E-state index contributed by atoms with van der Waals surface area (Å²) < 4.78 is 0. The lowest BCUT2D eigenvalue weighted by Crippen LogP contribution is -2.14. The molecule has 2 aromatic rings. The maximum absolute atomic E-state index is 11.8. The van der Waals surface area contributed by atoms with Crippen LogP contribution < -0.4 is 5.32 Å². The Hall–Kier alpha value is -1.99. The van der Waals surface area contributed by atoms with E-state index in [1.165, 1.54) is 35.6 Å². The molecule has 20 heavy (non-hydrogen) atoms. The van der Waals surface area contributed by atoms with E-state index in [2.05, 4.69) is 10.3 Å². The molecule has 0 saturated carbocycles. The van der Waals surface area contributed by atoms with Gasteiger partial charge in [0.25, 0.3) is 5.69 Å². The van der Waals surface area contributed by atoms with Gasteiger partial charge in [-0.3, -0.25) is 14.9 Å². The van der Waals surface area contributed by atoms with Crippen molar-refractivity contribution in [3.63, 3.8) is 0 Å². The molecule has 1 aromatic carbocycles. The van der Waals surface area contributed by atoms with Crippen LogP contribution in [0.5, 0.6) is 0 Å². The summed E-state index contributed by atoms with van der Waals surface area (Å²) in [6, 6.07) is 5.65. The number of aromatic nitrogens is 1. The number of carbonyl (C=O) groups excluding carboxylic acids is 1. The zero-order chi connectivity index (χ0) is 14.5. The fraction of sp³-hybridized carbons (Fsp3) is 0.167. The van der Waals surface area contributed by atoms with Crippen molar-refractivity contribution in [1.82, 2.24) is 4.98 Å². The Morgan fingerprint density at radius 3 is 2.65 bits per heavy atom. The van der Waals surface area contributed by atoms with Crippen LogP contribution >= 0.6 is 22.9 Å². The van der Waals surface area contributed by atoms with E-state index in [1.807, 2.05) is 5.38 Å². The summed E-state index contributed by atoms with van der Waals surface area (Å²) in [5.74, 6) is 0.0924. The first-order valence-electron chi connectivity index (χ1n) is 5.62. The van der Waals surface area contributed by atoms with E-state index < -0.39 is 4.92 Å². The molecule has 0 aliphatic heterocycles. The number of nitrogens with one attached hydrogen (secondary N) is 1. The number of amides is 1. The average Bonchev–Trinajstić information content (AvgIpc) is 2.86. The first-order valence-corrected chi connectivity index (χ1v) is 7.03. The van der Waals surface area contributed by atoms with Crippen LogP contribution in [0.2, 0.25) is 0 Å². The predicted molar refractivity (Wildman–Crippen MR) is 77.1 cm³/mol. The van der Waals surface area contributed by atoms with Crippen LogP contribution in [0.4, 0.5) is 11.4 Å². The van der Waals surface area contributed by atoms with Crippen LogP contribution in [0.25, 0.3) is 0 Å². The van der Waals surface area contributed by atoms with Crippen molar-refractivity contribution in [2.75, 3.05) is 5.32 Å². The van der Waals surface area contributed by atoms with Gasteiger partial charge in [-0.2, -0.15) is 0 Å². The van der Waals surface area contributed by atoms with Gasteiger partial charge in [-0.05, 0) is 12.1 Å². The third-order valence-electron chi connectivity index (χ3n) is 2.41. The van der Waals surface area contributed by atoms with Gasteiger partial charge < -0.3 is 5.32 Å². The number of halogens is 1. The van der Waals surface area contributed by atoms with Crippen molar-refractivity contribution in [3.05, 3.63) is 50.5 Å². The topological polar surface area (TPSA) is 85.1 Å². The van der Waals surface area contributed by atoms with Gasteiger partial charge in [-0.1, -0.05) is 0 Å². The number of carbonyl (C=O) groups is 1. The van der Waals surface area contributed by atoms with E-state index in [0.717, 1.165) is 5.69 Å². The highest BCUT2D eigenvalue weighted by Crippen LogP contribution is 2.16. The molecule has 1 amide bonds. The maximum Gasteiger partial charge on any atom is 0.269 e. The van der Waals surface area contributed by atoms with E-state index >= 15 is 0 Å². The van der Waals surface area contributed by atoms with Crippen molar-refractivity contribution < 1.29 is 9.72 Å². The van der Waals surface area contributed by atoms with Gasteiger partial charge in [-0.15, -0.1) is 22.9 Å². The molecular weight excluding hydrogens is 302 g/mol. The molecule has 0 aliphatic rings. The van der Waals surface area contributed by atoms with Gasteiger partial charge in [0.1, 0.15) is 5.01 Å². The average molecular weight is 312 g/mol. The van der Waals surface area contributed by atoms with Gasteiger partial charge in [0.15, 0.2) is 0 Å². The Morgan fingerprint density at radius 2 is 2.10 bits per heavy atom. The fourth-order valence-electron chi connectivity index (χ4n) is 1.50. The SMILES string of the molecule is O=C(Cc1nc(CCl)cs1)Nc1ccc([N+](=O)[O-])cc1. The standard InChI is InChI=1S/C12H10ClN3O3S/c13-6-9-7-20-12(15-9)5-11(17)14-8-1-3-10(4-2-8)16(18)19/h1-4,7H,5-6H2,(H,14,17). The molecule has 0 spiro atoms. The molecule has 1 aromatic heterocycles. The summed E-state index contributed by atoms with van der Waals surface area (Å²) in [4.78, 5) is 26.0. The minimum atomic E-state index is -0.491. The Balaban J connectivity index is 1.95. The number of hydrogen-bond donors (Lipinski definition) is 1. The molecule has 0 fully saturated rings. The summed E-state index contributed by atoms with van der Waals surface area (Å²) in [7, 11) is 0. The smallest absolute Gasteiger partial charge is 0.269 e. The zero-order valence-electron chi connectivity index (χ0n) is 10.2. The molecular formula is C12H10ClN3O3S. The number of nitro benzene ring substituents is 1. The molecule has 6 nitrogen and oxygen atoms in total. The van der Waals surface area contributed by atoms with Crippen molar-refractivity contribution in [2.45, 2.75) is 12.3 Å². The summed E-state index contributed by atoms with van der Waals surface area (Å²) in [5.41, 5.74) is 1.24. The summed E-state index contributed by atoms with van der Waals surface area (Å²) >= 11 is 7.01. The zero-order valence-corrected chi connectivity index (χ0v) is 11.8. The van der Waals surface area contributed by atoms with Crippen molar-refractivity contribution >= 4 is 40.2 Å². The van der Waals surface area contributed by atoms with Gasteiger partial charge in [-0.25, -0.2) is 4.98 Å². The van der Waals surface area contributed by atoms with E-state index in [-0.39, 0.29) is 18.0 Å². The first-order chi connectivity index (χ1) is 9.58. The molecule has 0 aliphatic carbocycles. The highest BCUT2D eigenvalue weighted by atomic mass is 35.5. The molecule has 0 unspecified atom stereocenters. The summed E-state index contributed by atoms with van der Waals surface area (Å²) in [6.07, 6.45) is 0.151. The molecule has 0 saturated heterocycles. The number of nitro groups is 1. The normalized spacial score (nSPS) is 10.2.